The fourth-order valence-electron chi connectivity index (χ4n) is 3.29. The van der Waals surface area contributed by atoms with Crippen molar-refractivity contribution in [3.63, 3.8) is 0 Å². The van der Waals surface area contributed by atoms with Gasteiger partial charge in [-0.05, 0) is 0 Å². The third-order valence-corrected chi connectivity index (χ3v) is 5.92. The molecule has 0 aliphatic heterocycles. The fraction of sp³-hybridized carbons (Fsp3) is 0.0952. The molecule has 1 aliphatic rings. The Morgan fingerprint density at radius 3 is 2.38 bits per heavy atom. The van der Waals surface area contributed by atoms with Gasteiger partial charge in [0.25, 0.3) is 0 Å². The van der Waals surface area contributed by atoms with Gasteiger partial charge in [-0.2, -0.15) is 0 Å². The number of para-hydroxylation sites is 1. The van der Waals surface area contributed by atoms with Crippen LogP contribution in [0.3, 0.4) is 0 Å². The Labute approximate surface area is 179 Å². The Kier molecular flexibility index (Phi) is 6.61. The van der Waals surface area contributed by atoms with Gasteiger partial charge in [-0.1, -0.05) is 0 Å². The number of nitrogens with zero attached hydrogens (tertiary/aromatic N) is 1. The Morgan fingerprint density at radius 1 is 0.962 bits per heavy atom. The van der Waals surface area contributed by atoms with Crippen molar-refractivity contribution in [2.24, 2.45) is 0 Å². The van der Waals surface area contributed by atoms with E-state index in [-0.39, 0.29) is 29.1 Å². The third-order valence-electron chi connectivity index (χ3n) is 4.63. The molecule has 1 unspecified atom stereocenters. The Balaban J connectivity index is 0.00000121. The predicted octanol–water partition coefficient (Wildman–Crippen LogP) is -0.318. The van der Waals surface area contributed by atoms with Crippen molar-refractivity contribution in [1.29, 1.82) is 0 Å². The number of benzene rings is 2. The molecule has 0 bridgehead atoms. The predicted molar refractivity (Wildman–Crippen MR) is 96.6 cm³/mol. The topological polar surface area (TPSA) is 12.9 Å². The van der Waals surface area contributed by atoms with Crippen molar-refractivity contribution >= 4 is 28.1 Å². The van der Waals surface area contributed by atoms with E-state index in [1.165, 1.54) is 22.3 Å². The molecule has 0 N–H and O–H groups in total. The van der Waals surface area contributed by atoms with E-state index in [1.807, 2.05) is 24.4 Å². The van der Waals surface area contributed by atoms with Gasteiger partial charge in [0, 0.05) is 0 Å². The minimum Gasteiger partial charge on any atom is -1.00 e. The average molecular weight is 440 g/mol. The summed E-state index contributed by atoms with van der Waals surface area (Å²) in [4.78, 5) is 4.62. The Hall–Kier alpha value is -1.27. The normalized spacial score (nSPS) is 18.5. The molecular weight excluding hydrogens is 425 g/mol. The molecule has 0 amide bonds. The van der Waals surface area contributed by atoms with Gasteiger partial charge in [-0.25, -0.2) is 0 Å². The minimum atomic E-state index is -0.275. The molecule has 1 heterocycles. The zero-order valence-electron chi connectivity index (χ0n) is 13.9. The molecule has 2 aromatic carbocycles. The van der Waals surface area contributed by atoms with E-state index in [4.69, 9.17) is 11.6 Å². The van der Waals surface area contributed by atoms with E-state index >= 15 is 0 Å². The van der Waals surface area contributed by atoms with Crippen LogP contribution in [0.15, 0.2) is 78.5 Å². The maximum absolute atomic E-state index is 6.02. The van der Waals surface area contributed by atoms with Crippen molar-refractivity contribution < 1.29 is 41.1 Å². The quantitative estimate of drug-likeness (QED) is 0.534. The van der Waals surface area contributed by atoms with Gasteiger partial charge in [0.15, 0.2) is 0 Å². The van der Waals surface area contributed by atoms with Crippen LogP contribution in [-0.4, -0.2) is 4.98 Å². The molecule has 26 heavy (non-hydrogen) atoms. The second-order valence-electron chi connectivity index (χ2n) is 6.00. The summed E-state index contributed by atoms with van der Waals surface area (Å²) < 4.78 is -0.275. The van der Waals surface area contributed by atoms with Crippen LogP contribution in [0.25, 0.3) is 16.5 Å². The summed E-state index contributed by atoms with van der Waals surface area (Å²) in [7, 11) is 0. The van der Waals surface area contributed by atoms with Crippen LogP contribution in [0.2, 0.25) is 5.02 Å². The van der Waals surface area contributed by atoms with Crippen LogP contribution in [-0.2, 0) is 20.6 Å². The first-order valence-electron chi connectivity index (χ1n) is 7.81. The maximum atomic E-state index is 6.02. The molecule has 1 nitrogen and oxygen atoms in total. The molecule has 3 aromatic rings. The van der Waals surface area contributed by atoms with Crippen LogP contribution in [0.5, 0.6) is 0 Å². The van der Waals surface area contributed by atoms with Crippen LogP contribution < -0.4 is 24.8 Å². The second-order valence-corrected chi connectivity index (χ2v) is 7.44. The number of hydrogen-bond donors (Lipinski definition) is 0. The molecule has 0 spiro atoms. The molecule has 0 fully saturated rings. The van der Waals surface area contributed by atoms with Gasteiger partial charge >= 0.3 is 155 Å². The Bertz CT molecular complexity index is 990. The Morgan fingerprint density at radius 2 is 1.65 bits per heavy atom. The number of hydrogen-bond acceptors (Lipinski definition) is 1. The van der Waals surface area contributed by atoms with E-state index in [0.29, 0.717) is 0 Å². The monoisotopic (exact) mass is 438 g/mol. The summed E-state index contributed by atoms with van der Waals surface area (Å²) in [5, 5.41) is 1.91. The third kappa shape index (κ3) is 3.46. The smallest absolute Gasteiger partial charge is 1.00 e. The molecular formula is C21H15Cl3CrN. The average Bonchev–Trinajstić information content (AvgIpc) is 2.91. The van der Waals surface area contributed by atoms with Crippen molar-refractivity contribution in [3.05, 3.63) is 94.7 Å². The summed E-state index contributed by atoms with van der Waals surface area (Å²) in [6.07, 6.45) is 6.28. The van der Waals surface area contributed by atoms with Crippen LogP contribution >= 0.6 is 11.6 Å². The number of halogens is 3. The standard InChI is InChI=1S/C21H15ClN.2ClH.Cr/c1-14-18(15-7-9-17(22)10-8-15)11-12-19(14)20-6-2-4-16-5-3-13-23-21(16)20;;;/h2-13H,1H3;2*1H;/q;;;+2/p-2. The minimum absolute atomic E-state index is 0. The van der Waals surface area contributed by atoms with Crippen LogP contribution in [0.4, 0.5) is 0 Å². The number of fused-ring (bicyclic) bond motifs is 1. The molecule has 1 aromatic heterocycles. The van der Waals surface area contributed by atoms with Gasteiger partial charge in [0.2, 0.25) is 0 Å². The van der Waals surface area contributed by atoms with E-state index in [0.717, 1.165) is 15.9 Å². The molecule has 4 rings (SSSR count). The molecule has 0 saturated heterocycles. The zero-order valence-corrected chi connectivity index (χ0v) is 17.5. The van der Waals surface area contributed by atoms with Crippen LogP contribution in [0.1, 0.15) is 18.1 Å². The molecule has 1 atom stereocenters. The summed E-state index contributed by atoms with van der Waals surface area (Å²) in [5.74, 6) is 0. The van der Waals surface area contributed by atoms with Gasteiger partial charge in [-0.15, -0.1) is 0 Å². The number of pyridine rings is 1. The van der Waals surface area contributed by atoms with E-state index in [9.17, 15) is 0 Å². The second kappa shape index (κ2) is 8.17. The maximum Gasteiger partial charge on any atom is -1.00 e. The zero-order chi connectivity index (χ0) is 16.7. The van der Waals surface area contributed by atoms with Gasteiger partial charge in [-0.3, -0.25) is 0 Å². The first-order valence-corrected chi connectivity index (χ1v) is 8.82. The van der Waals surface area contributed by atoms with Crippen molar-refractivity contribution in [2.75, 3.05) is 0 Å². The van der Waals surface area contributed by atoms with Crippen LogP contribution in [0, 0.1) is 0 Å². The van der Waals surface area contributed by atoms with E-state index < -0.39 is 0 Å². The van der Waals surface area contributed by atoms with Gasteiger partial charge in [0.1, 0.15) is 0 Å². The van der Waals surface area contributed by atoms with Crippen molar-refractivity contribution in [1.82, 2.24) is 4.98 Å². The molecule has 131 valence electrons. The van der Waals surface area contributed by atoms with Gasteiger partial charge in [0.05, 0.1) is 0 Å². The first kappa shape index (κ1) is 21.0. The van der Waals surface area contributed by atoms with Crippen molar-refractivity contribution in [2.45, 2.75) is 11.2 Å². The number of aromatic nitrogens is 1. The summed E-state index contributed by atoms with van der Waals surface area (Å²) in [6, 6.07) is 18.4. The number of allylic oxidation sites excluding steroid dienone is 4. The van der Waals surface area contributed by atoms with E-state index in [1.54, 1.807) is 0 Å². The molecule has 0 radical (unpaired) electrons. The van der Waals surface area contributed by atoms with Crippen molar-refractivity contribution in [3.8, 4) is 0 Å². The molecule has 1 aliphatic carbocycles. The summed E-state index contributed by atoms with van der Waals surface area (Å²) >= 11 is 9.43. The SMILES string of the molecule is CC1=C(c2ccc(Cl)cc2)C=C[C]1([Cr+2])c1cccc2cccnc12.[Cl-].[Cl-]. The first-order chi connectivity index (χ1) is 11.6. The van der Waals surface area contributed by atoms with E-state index in [2.05, 4.69) is 76.7 Å². The summed E-state index contributed by atoms with van der Waals surface area (Å²) in [6.45, 7) is 2.18. The largest absolute Gasteiger partial charge is 1.00 e. The molecule has 0 saturated carbocycles. The fourth-order valence-corrected chi connectivity index (χ4v) is 3.95. The molecule has 5 heteroatoms. The summed E-state index contributed by atoms with van der Waals surface area (Å²) in [5.41, 5.74) is 5.93. The van der Waals surface area contributed by atoms with Gasteiger partial charge < -0.3 is 24.8 Å². The number of rotatable bonds is 2.